The van der Waals surface area contributed by atoms with Crippen molar-refractivity contribution >= 4 is 25.2 Å². The molecule has 0 fully saturated rings. The highest BCUT2D eigenvalue weighted by Crippen LogP contribution is 2.16. The van der Waals surface area contributed by atoms with Crippen molar-refractivity contribution in [3.05, 3.63) is 109 Å². The van der Waals surface area contributed by atoms with Crippen molar-refractivity contribution in [2.24, 2.45) is 0 Å². The van der Waals surface area contributed by atoms with Crippen LogP contribution in [-0.2, 0) is 17.7 Å². The number of hydrogen-bond donors (Lipinski definition) is 3. The quantitative estimate of drug-likeness (QED) is 0.267. The minimum absolute atomic E-state index is 0.490. The Labute approximate surface area is 194 Å². The van der Waals surface area contributed by atoms with Crippen molar-refractivity contribution < 1.29 is 28.9 Å². The van der Waals surface area contributed by atoms with E-state index in [-0.39, 0.29) is 0 Å². The van der Waals surface area contributed by atoms with E-state index >= 15 is 0 Å². The molecule has 0 unspecified atom stereocenters. The van der Waals surface area contributed by atoms with Gasteiger partial charge < -0.3 is 19.7 Å². The first kappa shape index (κ1) is 22.9. The third kappa shape index (κ3) is 5.94. The van der Waals surface area contributed by atoms with Crippen LogP contribution in [0.3, 0.4) is 0 Å². The highest BCUT2D eigenvalue weighted by Gasteiger charge is 2.16. The second-order valence-corrected chi connectivity index (χ2v) is 7.97. The summed E-state index contributed by atoms with van der Waals surface area (Å²) in [5.41, 5.74) is 5.55. The molecule has 0 bridgehead atoms. The van der Waals surface area contributed by atoms with Crippen molar-refractivity contribution in [1.29, 1.82) is 0 Å². The molecule has 33 heavy (non-hydrogen) atoms. The van der Waals surface area contributed by atoms with Crippen LogP contribution in [0, 0.1) is 0 Å². The molecule has 2 heterocycles. The van der Waals surface area contributed by atoms with E-state index in [9.17, 15) is 15.1 Å². The number of pyridine rings is 2. The van der Waals surface area contributed by atoms with Gasteiger partial charge in [-0.2, -0.15) is 0 Å². The van der Waals surface area contributed by atoms with E-state index in [2.05, 4.69) is 33.4 Å². The third-order valence-electron chi connectivity index (χ3n) is 5.55. The minimum atomic E-state index is -1.46. The fourth-order valence-corrected chi connectivity index (χ4v) is 3.77. The lowest BCUT2D eigenvalue weighted by atomic mass is 9.79. The molecule has 2 aromatic heterocycles. The Kier molecular flexibility index (Phi) is 7.32. The second-order valence-electron chi connectivity index (χ2n) is 7.97. The van der Waals surface area contributed by atoms with E-state index in [0.29, 0.717) is 18.6 Å². The molecule has 0 radical (unpaired) electrons. The SMILES string of the molecule is COB(O)c1cccc(C[n+]2ccc(-c3cc[n+](Cc4cccc(B(O)O)c4)cc3)cc2)c1. The van der Waals surface area contributed by atoms with Crippen LogP contribution in [0.1, 0.15) is 11.1 Å². The van der Waals surface area contributed by atoms with Crippen molar-refractivity contribution in [3.63, 3.8) is 0 Å². The number of hydrogen-bond acceptors (Lipinski definition) is 4. The minimum Gasteiger partial charge on any atom is -0.423 e. The first-order valence-corrected chi connectivity index (χ1v) is 10.7. The van der Waals surface area contributed by atoms with E-state index in [1.807, 2.05) is 61.2 Å². The fraction of sp³-hybridized carbons (Fsp3) is 0.120. The van der Waals surface area contributed by atoms with Crippen LogP contribution >= 0.6 is 0 Å². The van der Waals surface area contributed by atoms with E-state index < -0.39 is 14.2 Å². The van der Waals surface area contributed by atoms with Gasteiger partial charge >= 0.3 is 14.2 Å². The predicted molar refractivity (Wildman–Crippen MR) is 128 cm³/mol. The molecule has 0 saturated carbocycles. The first-order valence-electron chi connectivity index (χ1n) is 10.7. The third-order valence-corrected chi connectivity index (χ3v) is 5.55. The van der Waals surface area contributed by atoms with E-state index in [4.69, 9.17) is 4.65 Å². The molecule has 0 aliphatic heterocycles. The first-order chi connectivity index (χ1) is 16.0. The Morgan fingerprint density at radius 2 is 1.12 bits per heavy atom. The number of aromatic nitrogens is 2. The zero-order valence-electron chi connectivity index (χ0n) is 18.5. The lowest BCUT2D eigenvalue weighted by Crippen LogP contribution is -2.36. The summed E-state index contributed by atoms with van der Waals surface area (Å²) in [6.45, 7) is 1.34. The van der Waals surface area contributed by atoms with Gasteiger partial charge in [0.25, 0.3) is 0 Å². The highest BCUT2D eigenvalue weighted by molar-refractivity contribution is 6.60. The van der Waals surface area contributed by atoms with E-state index in [0.717, 1.165) is 27.7 Å². The molecule has 0 spiro atoms. The number of benzene rings is 2. The van der Waals surface area contributed by atoms with Crippen LogP contribution in [0.15, 0.2) is 97.6 Å². The molecule has 0 aliphatic carbocycles. The summed E-state index contributed by atoms with van der Waals surface area (Å²) in [6.07, 6.45) is 8.12. The Morgan fingerprint density at radius 1 is 0.667 bits per heavy atom. The zero-order valence-corrected chi connectivity index (χ0v) is 18.5. The summed E-state index contributed by atoms with van der Waals surface area (Å²) in [6, 6.07) is 23.3. The van der Waals surface area contributed by atoms with Crippen molar-refractivity contribution in [3.8, 4) is 11.1 Å². The number of rotatable bonds is 8. The van der Waals surface area contributed by atoms with Crippen LogP contribution in [0.25, 0.3) is 11.1 Å². The standard InChI is InChI=1S/C25H26B2N2O4/c1-33-27(32)25-7-3-5-21(17-25)19-29-14-10-23(11-15-29)22-8-12-28(13-9-22)18-20-4-2-6-24(16-20)26(30)31/h2-17,30-32H,18-19H2,1H3/q+2. The molecule has 8 heteroatoms. The Morgan fingerprint density at radius 3 is 1.58 bits per heavy atom. The maximum atomic E-state index is 9.87. The van der Waals surface area contributed by atoms with Gasteiger partial charge in [-0.25, -0.2) is 9.13 Å². The molecule has 164 valence electrons. The smallest absolute Gasteiger partial charge is 0.423 e. The van der Waals surface area contributed by atoms with Crippen molar-refractivity contribution in [2.75, 3.05) is 7.11 Å². The largest absolute Gasteiger partial charge is 0.490 e. The monoisotopic (exact) mass is 440 g/mol. The molecule has 2 aromatic carbocycles. The maximum absolute atomic E-state index is 9.87. The summed E-state index contributed by atoms with van der Waals surface area (Å²) in [5.74, 6) is 0. The normalized spacial score (nSPS) is 10.8. The highest BCUT2D eigenvalue weighted by atomic mass is 16.5. The summed E-state index contributed by atoms with van der Waals surface area (Å²) in [4.78, 5) is 0. The van der Waals surface area contributed by atoms with Crippen LogP contribution < -0.4 is 20.1 Å². The predicted octanol–water partition coefficient (Wildman–Crippen LogP) is 0.0389. The van der Waals surface area contributed by atoms with Gasteiger partial charge in [0, 0.05) is 42.5 Å². The van der Waals surface area contributed by atoms with Gasteiger partial charge in [0.05, 0.1) is 0 Å². The van der Waals surface area contributed by atoms with Crippen LogP contribution in [-0.4, -0.2) is 36.4 Å². The Balaban J connectivity index is 1.42. The molecule has 0 atom stereocenters. The van der Waals surface area contributed by atoms with Gasteiger partial charge in [-0.05, 0) is 22.1 Å². The molecular formula is C25H26B2N2O4+2. The van der Waals surface area contributed by atoms with Crippen LogP contribution in [0.2, 0.25) is 0 Å². The molecule has 4 aromatic rings. The second kappa shape index (κ2) is 10.6. The van der Waals surface area contributed by atoms with Crippen molar-refractivity contribution in [2.45, 2.75) is 13.1 Å². The topological polar surface area (TPSA) is 77.7 Å². The van der Waals surface area contributed by atoms with Gasteiger partial charge in [0.15, 0.2) is 37.9 Å². The summed E-state index contributed by atoms with van der Waals surface area (Å²) in [5, 5.41) is 28.6. The summed E-state index contributed by atoms with van der Waals surface area (Å²) >= 11 is 0. The Bertz CT molecular complexity index is 1200. The average Bonchev–Trinajstić information content (AvgIpc) is 2.85. The lowest BCUT2D eigenvalue weighted by Gasteiger charge is -2.06. The van der Waals surface area contributed by atoms with Gasteiger partial charge in [-0.15, -0.1) is 0 Å². The van der Waals surface area contributed by atoms with E-state index in [1.54, 1.807) is 12.1 Å². The molecule has 6 nitrogen and oxygen atoms in total. The molecular weight excluding hydrogens is 414 g/mol. The van der Waals surface area contributed by atoms with Gasteiger partial charge in [-0.3, -0.25) is 0 Å². The molecule has 0 amide bonds. The lowest BCUT2D eigenvalue weighted by molar-refractivity contribution is -0.688. The Hall–Kier alpha value is -3.29. The molecule has 4 rings (SSSR count). The molecule has 3 N–H and O–H groups in total. The summed E-state index contributed by atoms with van der Waals surface area (Å²) in [7, 11) is -0.891. The van der Waals surface area contributed by atoms with E-state index in [1.165, 1.54) is 7.11 Å². The zero-order chi connectivity index (χ0) is 23.2. The fourth-order valence-electron chi connectivity index (χ4n) is 3.77. The van der Waals surface area contributed by atoms with Gasteiger partial charge in [0.1, 0.15) is 0 Å². The average molecular weight is 440 g/mol. The van der Waals surface area contributed by atoms with Gasteiger partial charge in [-0.1, -0.05) is 48.5 Å². The van der Waals surface area contributed by atoms with Gasteiger partial charge in [0.2, 0.25) is 0 Å². The van der Waals surface area contributed by atoms with Crippen LogP contribution in [0.5, 0.6) is 0 Å². The maximum Gasteiger partial charge on any atom is 0.490 e. The molecule has 0 saturated heterocycles. The number of nitrogens with zero attached hydrogens (tertiary/aromatic N) is 2. The van der Waals surface area contributed by atoms with Crippen molar-refractivity contribution in [1.82, 2.24) is 0 Å². The summed E-state index contributed by atoms with van der Waals surface area (Å²) < 4.78 is 9.13. The molecule has 0 aliphatic rings. The van der Waals surface area contributed by atoms with Crippen LogP contribution in [0.4, 0.5) is 0 Å².